The number of unbranched alkanes of at least 4 members (excludes halogenated alkanes) is 2. The number of nitrogens with one attached hydrogen (secondary N) is 1. The van der Waals surface area contributed by atoms with Crippen LogP contribution < -0.4 is 5.32 Å². The Morgan fingerprint density at radius 3 is 2.67 bits per heavy atom. The fourth-order valence-electron chi connectivity index (χ4n) is 2.47. The van der Waals surface area contributed by atoms with Gasteiger partial charge in [0.2, 0.25) is 5.91 Å². The number of rotatable bonds is 8. The minimum absolute atomic E-state index is 0.0000487. The first-order chi connectivity index (χ1) is 8.56. The summed E-state index contributed by atoms with van der Waals surface area (Å²) in [6.45, 7) is 7.32. The number of hydrogen-bond acceptors (Lipinski definition) is 3. The average molecular weight is 272 g/mol. The van der Waals surface area contributed by atoms with Gasteiger partial charge in [-0.25, -0.2) is 0 Å². The Bertz CT molecular complexity index is 258. The molecule has 106 valence electrons. The van der Waals surface area contributed by atoms with Gasteiger partial charge in [0.05, 0.1) is 12.2 Å². The number of hydrogen-bond donors (Lipinski definition) is 1. The van der Waals surface area contributed by atoms with Crippen LogP contribution in [0.2, 0.25) is 0 Å². The highest BCUT2D eigenvalue weighted by atomic mass is 32.2. The third-order valence-corrected chi connectivity index (χ3v) is 4.11. The maximum Gasteiger partial charge on any atom is 0.240 e. The van der Waals surface area contributed by atoms with Crippen molar-refractivity contribution in [3.63, 3.8) is 0 Å². The Hall–Kier alpha value is -0.220. The quantitative estimate of drug-likeness (QED) is 0.690. The molecule has 3 nitrogen and oxygen atoms in total. The van der Waals surface area contributed by atoms with Crippen molar-refractivity contribution in [1.82, 2.24) is 10.2 Å². The van der Waals surface area contributed by atoms with Crippen LogP contribution in [0, 0.1) is 5.92 Å². The van der Waals surface area contributed by atoms with Gasteiger partial charge in [0.25, 0.3) is 0 Å². The summed E-state index contributed by atoms with van der Waals surface area (Å²) in [6, 6.07) is -0.0000487. The van der Waals surface area contributed by atoms with E-state index in [9.17, 15) is 4.79 Å². The van der Waals surface area contributed by atoms with E-state index in [2.05, 4.69) is 30.3 Å². The van der Waals surface area contributed by atoms with Crippen molar-refractivity contribution >= 4 is 17.7 Å². The van der Waals surface area contributed by atoms with E-state index in [-0.39, 0.29) is 18.1 Å². The zero-order chi connectivity index (χ0) is 13.5. The van der Waals surface area contributed by atoms with Crippen LogP contribution in [0.4, 0.5) is 0 Å². The minimum Gasteiger partial charge on any atom is -0.326 e. The molecule has 0 bridgehead atoms. The van der Waals surface area contributed by atoms with Gasteiger partial charge in [-0.3, -0.25) is 10.1 Å². The fraction of sp³-hybridized carbons (Fsp3) is 0.929. The SMILES string of the molecule is CSCCCCCN1C(=O)C(C)NC1CC(C)C. The topological polar surface area (TPSA) is 32.3 Å². The molecule has 1 rings (SSSR count). The van der Waals surface area contributed by atoms with Crippen LogP contribution in [-0.2, 0) is 4.79 Å². The first kappa shape index (κ1) is 15.8. The van der Waals surface area contributed by atoms with Gasteiger partial charge in [-0.2, -0.15) is 11.8 Å². The number of carbonyl (C=O) groups is 1. The lowest BCUT2D eigenvalue weighted by Crippen LogP contribution is -2.39. The van der Waals surface area contributed by atoms with Crippen molar-refractivity contribution < 1.29 is 4.79 Å². The lowest BCUT2D eigenvalue weighted by atomic mass is 10.1. The molecular weight excluding hydrogens is 244 g/mol. The summed E-state index contributed by atoms with van der Waals surface area (Å²) < 4.78 is 0. The van der Waals surface area contributed by atoms with E-state index in [0.717, 1.165) is 19.4 Å². The molecule has 4 heteroatoms. The molecule has 18 heavy (non-hydrogen) atoms. The van der Waals surface area contributed by atoms with Gasteiger partial charge >= 0.3 is 0 Å². The van der Waals surface area contributed by atoms with Crippen molar-refractivity contribution in [3.8, 4) is 0 Å². The summed E-state index contributed by atoms with van der Waals surface area (Å²) in [6.07, 6.45) is 7.09. The van der Waals surface area contributed by atoms with E-state index >= 15 is 0 Å². The highest BCUT2D eigenvalue weighted by molar-refractivity contribution is 7.98. The first-order valence-electron chi connectivity index (χ1n) is 7.11. The second-order valence-electron chi connectivity index (χ2n) is 5.62. The van der Waals surface area contributed by atoms with Crippen molar-refractivity contribution in [2.24, 2.45) is 5.92 Å². The molecular formula is C14H28N2OS. The molecule has 1 aliphatic rings. The molecule has 1 amide bonds. The van der Waals surface area contributed by atoms with E-state index in [1.807, 2.05) is 18.7 Å². The van der Waals surface area contributed by atoms with Crippen molar-refractivity contribution in [2.45, 2.75) is 58.7 Å². The first-order valence-corrected chi connectivity index (χ1v) is 8.51. The van der Waals surface area contributed by atoms with Gasteiger partial charge in [-0.1, -0.05) is 20.3 Å². The Kier molecular flexibility index (Phi) is 7.08. The van der Waals surface area contributed by atoms with Crippen LogP contribution in [0.3, 0.4) is 0 Å². The zero-order valence-electron chi connectivity index (χ0n) is 12.2. The molecule has 0 aromatic carbocycles. The molecule has 1 fully saturated rings. The smallest absolute Gasteiger partial charge is 0.240 e. The summed E-state index contributed by atoms with van der Waals surface area (Å²) in [5.41, 5.74) is 0. The molecule has 0 radical (unpaired) electrons. The van der Waals surface area contributed by atoms with E-state index in [4.69, 9.17) is 0 Å². The van der Waals surface area contributed by atoms with E-state index < -0.39 is 0 Å². The maximum absolute atomic E-state index is 12.1. The molecule has 0 aromatic heterocycles. The molecule has 0 aromatic rings. The van der Waals surface area contributed by atoms with Crippen molar-refractivity contribution in [2.75, 3.05) is 18.6 Å². The van der Waals surface area contributed by atoms with E-state index in [1.165, 1.54) is 18.6 Å². The van der Waals surface area contributed by atoms with E-state index in [1.54, 1.807) is 0 Å². The largest absolute Gasteiger partial charge is 0.326 e. The second kappa shape index (κ2) is 8.05. The van der Waals surface area contributed by atoms with Crippen LogP contribution in [0.15, 0.2) is 0 Å². The number of carbonyl (C=O) groups excluding carboxylic acids is 1. The highest BCUT2D eigenvalue weighted by Gasteiger charge is 2.35. The van der Waals surface area contributed by atoms with Crippen molar-refractivity contribution in [3.05, 3.63) is 0 Å². The number of nitrogens with zero attached hydrogens (tertiary/aromatic N) is 1. The molecule has 2 unspecified atom stereocenters. The third-order valence-electron chi connectivity index (χ3n) is 3.41. The van der Waals surface area contributed by atoms with Gasteiger partial charge in [-0.05, 0) is 44.1 Å². The molecule has 1 saturated heterocycles. The maximum atomic E-state index is 12.1. The summed E-state index contributed by atoms with van der Waals surface area (Å²) in [7, 11) is 0. The lowest BCUT2D eigenvalue weighted by molar-refractivity contribution is -0.130. The standard InChI is InChI=1S/C14H28N2OS/c1-11(2)10-13-15-12(3)14(17)16(13)8-6-5-7-9-18-4/h11-13,15H,5-10H2,1-4H3. The van der Waals surface area contributed by atoms with Crippen LogP contribution in [0.1, 0.15) is 46.5 Å². The summed E-state index contributed by atoms with van der Waals surface area (Å²) >= 11 is 1.90. The monoisotopic (exact) mass is 272 g/mol. The third kappa shape index (κ3) is 4.81. The van der Waals surface area contributed by atoms with Crippen molar-refractivity contribution in [1.29, 1.82) is 0 Å². The van der Waals surface area contributed by atoms with Crippen LogP contribution in [0.5, 0.6) is 0 Å². The average Bonchev–Trinajstić information content (AvgIpc) is 2.55. The lowest BCUT2D eigenvalue weighted by Gasteiger charge is -2.25. The van der Waals surface area contributed by atoms with Gasteiger partial charge in [0.1, 0.15) is 0 Å². The fourth-order valence-corrected chi connectivity index (χ4v) is 2.96. The normalized spacial score (nSPS) is 24.3. The molecule has 0 aliphatic carbocycles. The molecule has 1 N–H and O–H groups in total. The Morgan fingerprint density at radius 1 is 1.33 bits per heavy atom. The Labute approximate surface area is 116 Å². The Morgan fingerprint density at radius 2 is 2.06 bits per heavy atom. The summed E-state index contributed by atoms with van der Waals surface area (Å²) in [5, 5.41) is 3.41. The summed E-state index contributed by atoms with van der Waals surface area (Å²) in [5.74, 6) is 2.14. The van der Waals surface area contributed by atoms with Gasteiger partial charge in [0, 0.05) is 6.54 Å². The predicted octanol–water partition coefficient (Wildman–Crippen LogP) is 2.71. The second-order valence-corrected chi connectivity index (χ2v) is 6.60. The predicted molar refractivity (Wildman–Crippen MR) is 79.8 cm³/mol. The number of amides is 1. The van der Waals surface area contributed by atoms with Gasteiger partial charge < -0.3 is 4.90 Å². The molecule has 0 saturated carbocycles. The van der Waals surface area contributed by atoms with Crippen LogP contribution >= 0.6 is 11.8 Å². The molecule has 0 spiro atoms. The zero-order valence-corrected chi connectivity index (χ0v) is 13.1. The van der Waals surface area contributed by atoms with Crippen LogP contribution in [0.25, 0.3) is 0 Å². The minimum atomic E-state index is -0.0000487. The summed E-state index contributed by atoms with van der Waals surface area (Å²) in [4.78, 5) is 14.1. The Balaban J connectivity index is 2.36. The van der Waals surface area contributed by atoms with Crippen LogP contribution in [-0.4, -0.2) is 41.6 Å². The van der Waals surface area contributed by atoms with E-state index in [0.29, 0.717) is 5.92 Å². The van der Waals surface area contributed by atoms with Gasteiger partial charge in [0.15, 0.2) is 0 Å². The van der Waals surface area contributed by atoms with Gasteiger partial charge in [-0.15, -0.1) is 0 Å². The molecule has 1 heterocycles. The molecule has 2 atom stereocenters. The molecule has 1 aliphatic heterocycles. The number of thioether (sulfide) groups is 1. The highest BCUT2D eigenvalue weighted by Crippen LogP contribution is 2.18.